The highest BCUT2D eigenvalue weighted by Crippen LogP contribution is 2.03. The summed E-state index contributed by atoms with van der Waals surface area (Å²) in [5.41, 5.74) is 0. The number of nitrogens with zero attached hydrogens (tertiary/aromatic N) is 1. The fourth-order valence-electron chi connectivity index (χ4n) is 0.856. The molecule has 6 radical (unpaired) electrons. The minimum absolute atomic E-state index is 0. The van der Waals surface area contributed by atoms with E-state index in [-0.39, 0.29) is 16.0 Å². The Morgan fingerprint density at radius 3 is 0.938 bits per heavy atom. The lowest BCUT2D eigenvalue weighted by Crippen LogP contribution is -1.56. The van der Waals surface area contributed by atoms with Gasteiger partial charge in [-0.3, -0.25) is 0 Å². The van der Waals surface area contributed by atoms with Gasteiger partial charge in [0.15, 0.2) is 0 Å². The van der Waals surface area contributed by atoms with Crippen LogP contribution in [0.1, 0.15) is 0 Å². The van der Waals surface area contributed by atoms with Crippen LogP contribution in [0.4, 0.5) is 0 Å². The molecular weight excluding hydrogens is 221 g/mol. The van der Waals surface area contributed by atoms with Crippen molar-refractivity contribution >= 4 is 9.90 Å². The van der Waals surface area contributed by atoms with Gasteiger partial charge in [-0.1, -0.05) is 36.4 Å². The van der Waals surface area contributed by atoms with Crippen molar-refractivity contribution in [2.75, 3.05) is 0 Å². The zero-order valence-electron chi connectivity index (χ0n) is 8.56. The number of hydrogen-bond acceptors (Lipinski definition) is 2. The van der Waals surface area contributed by atoms with Crippen LogP contribution in [0.2, 0.25) is 0 Å². The fourth-order valence-corrected chi connectivity index (χ4v) is 0.856. The quantitative estimate of drug-likeness (QED) is 0.686. The molecule has 0 aliphatic carbocycles. The average Bonchev–Trinajstić information content (AvgIpc) is 2.21. The molecular formula is C12H12NO2P. The fraction of sp³-hybridized carbons (Fsp3) is 0. The van der Waals surface area contributed by atoms with Crippen LogP contribution in [0, 0.1) is 0 Å². The van der Waals surface area contributed by atoms with E-state index in [4.69, 9.17) is 10.2 Å². The number of rotatable bonds is 0. The Kier molecular flexibility index (Phi) is 10.5. The Morgan fingerprint density at radius 1 is 0.562 bits per heavy atom. The third kappa shape index (κ3) is 7.80. The first kappa shape index (κ1) is 16.8. The molecule has 0 bridgehead atoms. The first-order valence-electron chi connectivity index (χ1n) is 4.27. The molecule has 4 heteroatoms. The standard InChI is InChI=1S/2C6H6O.N.P/c2*7-6-4-2-1-3-5-6;;/h2*1-5,7H;;. The van der Waals surface area contributed by atoms with Gasteiger partial charge in [-0.15, -0.1) is 0 Å². The van der Waals surface area contributed by atoms with E-state index in [0.29, 0.717) is 11.5 Å². The van der Waals surface area contributed by atoms with Crippen LogP contribution in [-0.2, 0) is 0 Å². The molecule has 0 aromatic heterocycles. The van der Waals surface area contributed by atoms with E-state index in [1.165, 1.54) is 0 Å². The minimum Gasteiger partial charge on any atom is -0.508 e. The molecule has 0 fully saturated rings. The number of benzene rings is 2. The van der Waals surface area contributed by atoms with Gasteiger partial charge < -0.3 is 10.2 Å². The highest BCUT2D eigenvalue weighted by atomic mass is 31.0. The highest BCUT2D eigenvalue weighted by molar-refractivity contribution is 6.92. The van der Waals surface area contributed by atoms with Crippen LogP contribution in [-0.4, -0.2) is 10.2 Å². The van der Waals surface area contributed by atoms with Crippen LogP contribution in [0.3, 0.4) is 0 Å². The summed E-state index contributed by atoms with van der Waals surface area (Å²) in [5, 5.41) is 17.3. The predicted molar refractivity (Wildman–Crippen MR) is 65.3 cm³/mol. The van der Waals surface area contributed by atoms with Gasteiger partial charge in [-0.05, 0) is 24.3 Å². The van der Waals surface area contributed by atoms with E-state index in [1.54, 1.807) is 48.5 Å². The van der Waals surface area contributed by atoms with Crippen LogP contribution in [0.5, 0.6) is 11.5 Å². The van der Waals surface area contributed by atoms with Crippen molar-refractivity contribution in [1.82, 2.24) is 6.15 Å². The number of para-hydroxylation sites is 2. The average molecular weight is 233 g/mol. The zero-order valence-corrected chi connectivity index (χ0v) is 9.46. The van der Waals surface area contributed by atoms with Crippen molar-refractivity contribution in [3.63, 3.8) is 0 Å². The zero-order chi connectivity index (χ0) is 10.2. The molecule has 0 aliphatic rings. The number of hydrogen-bond donors (Lipinski definition) is 2. The molecule has 2 rings (SSSR count). The Hall–Kier alpha value is -1.57. The molecule has 3 nitrogen and oxygen atoms in total. The summed E-state index contributed by atoms with van der Waals surface area (Å²) in [6.07, 6.45) is 0. The van der Waals surface area contributed by atoms with Crippen LogP contribution in [0.25, 0.3) is 0 Å². The number of phenols is 2. The van der Waals surface area contributed by atoms with Crippen molar-refractivity contribution in [2.45, 2.75) is 0 Å². The topological polar surface area (TPSA) is 71.0 Å². The molecule has 0 aliphatic heterocycles. The Morgan fingerprint density at radius 2 is 0.812 bits per heavy atom. The maximum atomic E-state index is 8.63. The Bertz CT molecular complexity index is 316. The normalized spacial score (nSPS) is 7.50. The summed E-state index contributed by atoms with van der Waals surface area (Å²) in [6.45, 7) is 0. The molecule has 2 aromatic carbocycles. The lowest BCUT2D eigenvalue weighted by atomic mass is 10.3. The summed E-state index contributed by atoms with van der Waals surface area (Å²) in [4.78, 5) is 0. The Balaban J connectivity index is 0. The summed E-state index contributed by atoms with van der Waals surface area (Å²) in [6, 6.07) is 17.4. The van der Waals surface area contributed by atoms with Gasteiger partial charge in [0.25, 0.3) is 0 Å². The second kappa shape index (κ2) is 9.97. The second-order valence-corrected chi connectivity index (χ2v) is 2.67. The molecule has 0 heterocycles. The van der Waals surface area contributed by atoms with Crippen molar-refractivity contribution in [1.29, 1.82) is 0 Å². The van der Waals surface area contributed by atoms with E-state index in [2.05, 4.69) is 0 Å². The third-order valence-electron chi connectivity index (χ3n) is 1.51. The van der Waals surface area contributed by atoms with Crippen LogP contribution >= 0.6 is 9.90 Å². The third-order valence-corrected chi connectivity index (χ3v) is 1.51. The van der Waals surface area contributed by atoms with Gasteiger partial charge >= 0.3 is 0 Å². The van der Waals surface area contributed by atoms with Crippen LogP contribution < -0.4 is 6.15 Å². The minimum atomic E-state index is 0. The molecule has 0 atom stereocenters. The van der Waals surface area contributed by atoms with E-state index in [0.717, 1.165) is 0 Å². The van der Waals surface area contributed by atoms with E-state index < -0.39 is 0 Å². The molecule has 0 saturated heterocycles. The second-order valence-electron chi connectivity index (χ2n) is 2.67. The summed E-state index contributed by atoms with van der Waals surface area (Å²) < 4.78 is 0. The molecule has 0 unspecified atom stereocenters. The monoisotopic (exact) mass is 233 g/mol. The van der Waals surface area contributed by atoms with Gasteiger partial charge in [0.05, 0.1) is 0 Å². The van der Waals surface area contributed by atoms with E-state index in [1.807, 2.05) is 12.1 Å². The first-order valence-corrected chi connectivity index (χ1v) is 4.27. The lowest BCUT2D eigenvalue weighted by molar-refractivity contribution is 0.475. The molecule has 0 spiro atoms. The largest absolute Gasteiger partial charge is 0.508 e. The number of aromatic hydroxyl groups is 2. The van der Waals surface area contributed by atoms with E-state index >= 15 is 0 Å². The van der Waals surface area contributed by atoms with Gasteiger partial charge in [0.1, 0.15) is 11.5 Å². The van der Waals surface area contributed by atoms with Gasteiger partial charge in [-0.2, -0.15) is 0 Å². The lowest BCUT2D eigenvalue weighted by Gasteiger charge is -1.82. The van der Waals surface area contributed by atoms with Gasteiger partial charge in [0.2, 0.25) is 0 Å². The molecule has 82 valence electrons. The summed E-state index contributed by atoms with van der Waals surface area (Å²) >= 11 is 0. The maximum absolute atomic E-state index is 8.63. The first-order chi connectivity index (χ1) is 6.79. The van der Waals surface area contributed by atoms with Crippen molar-refractivity contribution in [3.8, 4) is 11.5 Å². The van der Waals surface area contributed by atoms with Crippen molar-refractivity contribution in [3.05, 3.63) is 60.7 Å². The SMILES string of the molecule is Oc1ccccc1.Oc1ccccc1.[N].[P]. The van der Waals surface area contributed by atoms with Crippen molar-refractivity contribution in [2.24, 2.45) is 0 Å². The molecule has 0 saturated carbocycles. The smallest absolute Gasteiger partial charge is 0.115 e. The molecule has 0 amide bonds. The highest BCUT2D eigenvalue weighted by Gasteiger charge is 1.75. The summed E-state index contributed by atoms with van der Waals surface area (Å²) in [7, 11) is 0. The van der Waals surface area contributed by atoms with Gasteiger partial charge in [-0.25, -0.2) is 0 Å². The van der Waals surface area contributed by atoms with Gasteiger partial charge in [0, 0.05) is 16.0 Å². The molecule has 2 aromatic rings. The number of phenolic OH excluding ortho intramolecular Hbond substituents is 2. The van der Waals surface area contributed by atoms with Crippen molar-refractivity contribution < 1.29 is 10.2 Å². The van der Waals surface area contributed by atoms with E-state index in [9.17, 15) is 0 Å². The van der Waals surface area contributed by atoms with Crippen LogP contribution in [0.15, 0.2) is 60.7 Å². The Labute approximate surface area is 99.0 Å². The predicted octanol–water partition coefficient (Wildman–Crippen LogP) is 3.17. The summed E-state index contributed by atoms with van der Waals surface area (Å²) in [5.74, 6) is 0.644. The molecule has 2 N–H and O–H groups in total. The maximum Gasteiger partial charge on any atom is 0.115 e. The molecule has 16 heavy (non-hydrogen) atoms.